The highest BCUT2D eigenvalue weighted by Gasteiger charge is 2.16. The van der Waals surface area contributed by atoms with Gasteiger partial charge in [0.05, 0.1) is 0 Å². The van der Waals surface area contributed by atoms with Crippen molar-refractivity contribution in [1.82, 2.24) is 4.98 Å². The van der Waals surface area contributed by atoms with Crippen LogP contribution in [0.4, 0.5) is 17.1 Å². The summed E-state index contributed by atoms with van der Waals surface area (Å²) in [6.07, 6.45) is 0. The minimum atomic E-state index is 0.603. The van der Waals surface area contributed by atoms with E-state index in [4.69, 9.17) is 9.40 Å². The van der Waals surface area contributed by atoms with Crippen LogP contribution in [0.3, 0.4) is 0 Å². The van der Waals surface area contributed by atoms with Crippen LogP contribution in [0.2, 0.25) is 0 Å². The average Bonchev–Trinajstić information content (AvgIpc) is 3.71. The van der Waals surface area contributed by atoms with Gasteiger partial charge in [0.2, 0.25) is 5.89 Å². The Hall–Kier alpha value is -7.75. The summed E-state index contributed by atoms with van der Waals surface area (Å²) >= 11 is 0. The largest absolute Gasteiger partial charge is 0.436 e. The summed E-state index contributed by atoms with van der Waals surface area (Å²) in [4.78, 5) is 7.27. The highest BCUT2D eigenvalue weighted by atomic mass is 16.3. The molecule has 11 aromatic rings. The van der Waals surface area contributed by atoms with Crippen molar-refractivity contribution in [3.8, 4) is 44.8 Å². The Morgan fingerprint density at radius 3 is 1.22 bits per heavy atom. The Balaban J connectivity index is 0.941. The summed E-state index contributed by atoms with van der Waals surface area (Å²) in [6, 6.07) is 77.8. The maximum atomic E-state index is 6.39. The van der Waals surface area contributed by atoms with Crippen molar-refractivity contribution in [3.05, 3.63) is 218 Å². The second kappa shape index (κ2) is 14.1. The lowest BCUT2D eigenvalue weighted by molar-refractivity contribution is 0.620. The fraction of sp³-hybridized carbons (Fsp3) is 0. The van der Waals surface area contributed by atoms with E-state index in [9.17, 15) is 0 Å². The van der Waals surface area contributed by atoms with Gasteiger partial charge in [-0.1, -0.05) is 140 Å². The lowest BCUT2D eigenvalue weighted by atomic mass is 10.00. The van der Waals surface area contributed by atoms with Crippen LogP contribution in [-0.2, 0) is 0 Å². The minimum Gasteiger partial charge on any atom is -0.436 e. The first kappa shape index (κ1) is 33.6. The zero-order valence-corrected chi connectivity index (χ0v) is 31.6. The second-order valence-corrected chi connectivity index (χ2v) is 14.9. The van der Waals surface area contributed by atoms with Crippen molar-refractivity contribution in [3.63, 3.8) is 0 Å². The third-order valence-corrected chi connectivity index (χ3v) is 11.2. The van der Waals surface area contributed by atoms with Gasteiger partial charge >= 0.3 is 0 Å². The second-order valence-electron chi connectivity index (χ2n) is 14.9. The molecule has 0 bridgehead atoms. The molecule has 0 aliphatic carbocycles. The predicted molar refractivity (Wildman–Crippen MR) is 243 cm³/mol. The standard InChI is InChI=1S/C55H36N2O/c1-2-8-37(9-3-1)47-18-19-48-36-54-53(35-49(48)34-47)56-55(58-54)42-24-30-52(31-25-42)57(50-26-20-40(21-27-50)45-16-14-38-10-4-6-12-43(38)32-45)51-28-22-41(23-29-51)46-17-15-39-11-5-7-13-44(39)33-46/h1-36H. The number of fused-ring (bicyclic) bond motifs is 4. The molecule has 11 rings (SSSR count). The van der Waals surface area contributed by atoms with Crippen LogP contribution in [0.25, 0.3) is 88.3 Å². The summed E-state index contributed by atoms with van der Waals surface area (Å²) in [6.45, 7) is 0. The molecule has 3 nitrogen and oxygen atoms in total. The van der Waals surface area contributed by atoms with Crippen molar-refractivity contribution in [2.75, 3.05) is 4.90 Å². The molecule has 0 aliphatic heterocycles. The lowest BCUT2D eigenvalue weighted by Crippen LogP contribution is -2.09. The molecule has 0 spiro atoms. The number of nitrogens with zero attached hydrogens (tertiary/aromatic N) is 2. The first-order valence-corrected chi connectivity index (χ1v) is 19.7. The number of hydrogen-bond donors (Lipinski definition) is 0. The van der Waals surface area contributed by atoms with Crippen LogP contribution in [0.5, 0.6) is 0 Å². The molecule has 0 unspecified atom stereocenters. The zero-order valence-electron chi connectivity index (χ0n) is 31.6. The first-order valence-electron chi connectivity index (χ1n) is 19.7. The van der Waals surface area contributed by atoms with Crippen molar-refractivity contribution >= 4 is 60.5 Å². The molecule has 0 saturated carbocycles. The average molecular weight is 741 g/mol. The van der Waals surface area contributed by atoms with Crippen LogP contribution in [0.15, 0.2) is 223 Å². The normalized spacial score (nSPS) is 11.4. The number of hydrogen-bond acceptors (Lipinski definition) is 3. The number of benzene rings is 10. The SMILES string of the molecule is c1ccc(-c2ccc3cc4oc(-c5ccc(N(c6ccc(-c7ccc8ccccc8c7)cc6)c6ccc(-c7ccc8ccccc8c7)cc6)cc5)nc4cc3c2)cc1. The molecule has 0 amide bonds. The Labute approximate surface area is 336 Å². The van der Waals surface area contributed by atoms with Crippen LogP contribution in [0.1, 0.15) is 0 Å². The molecule has 10 aromatic carbocycles. The molecule has 0 atom stereocenters. The molecule has 0 N–H and O–H groups in total. The van der Waals surface area contributed by atoms with Crippen LogP contribution >= 0.6 is 0 Å². The predicted octanol–water partition coefficient (Wildman–Crippen LogP) is 15.4. The van der Waals surface area contributed by atoms with Crippen molar-refractivity contribution < 1.29 is 4.42 Å². The van der Waals surface area contributed by atoms with E-state index in [2.05, 4.69) is 217 Å². The quantitative estimate of drug-likeness (QED) is 0.163. The molecular formula is C55H36N2O. The summed E-state index contributed by atoms with van der Waals surface area (Å²) < 4.78 is 6.39. The fourth-order valence-corrected chi connectivity index (χ4v) is 8.15. The third kappa shape index (κ3) is 6.25. The van der Waals surface area contributed by atoms with E-state index in [1.807, 2.05) is 6.07 Å². The smallest absolute Gasteiger partial charge is 0.227 e. The maximum Gasteiger partial charge on any atom is 0.227 e. The van der Waals surface area contributed by atoms with E-state index in [1.54, 1.807) is 0 Å². The molecule has 1 aromatic heterocycles. The van der Waals surface area contributed by atoms with Gasteiger partial charge in [-0.2, -0.15) is 0 Å². The van der Waals surface area contributed by atoms with Gasteiger partial charge in [-0.05, 0) is 145 Å². The third-order valence-electron chi connectivity index (χ3n) is 11.2. The Bertz CT molecular complexity index is 3130. The summed E-state index contributed by atoms with van der Waals surface area (Å²) in [5.41, 5.74) is 12.8. The van der Waals surface area contributed by atoms with Crippen LogP contribution in [0, 0.1) is 0 Å². The van der Waals surface area contributed by atoms with Gasteiger partial charge in [0, 0.05) is 22.6 Å². The molecular weight excluding hydrogens is 705 g/mol. The zero-order chi connectivity index (χ0) is 38.4. The molecule has 0 aliphatic rings. The Morgan fingerprint density at radius 1 is 0.293 bits per heavy atom. The number of anilines is 3. The first-order chi connectivity index (χ1) is 28.7. The summed E-state index contributed by atoms with van der Waals surface area (Å²) in [5, 5.41) is 7.22. The van der Waals surface area contributed by atoms with E-state index in [0.717, 1.165) is 44.5 Å². The van der Waals surface area contributed by atoms with Crippen molar-refractivity contribution in [2.45, 2.75) is 0 Å². The van der Waals surface area contributed by atoms with E-state index in [0.29, 0.717) is 5.89 Å². The van der Waals surface area contributed by atoms with Gasteiger partial charge in [-0.3, -0.25) is 0 Å². The van der Waals surface area contributed by atoms with Gasteiger partial charge in [0.25, 0.3) is 0 Å². The Morgan fingerprint density at radius 2 is 0.690 bits per heavy atom. The van der Waals surface area contributed by atoms with E-state index in [-0.39, 0.29) is 0 Å². The topological polar surface area (TPSA) is 29.3 Å². The highest BCUT2D eigenvalue weighted by Crippen LogP contribution is 2.39. The molecule has 58 heavy (non-hydrogen) atoms. The van der Waals surface area contributed by atoms with Gasteiger partial charge < -0.3 is 9.32 Å². The van der Waals surface area contributed by atoms with Gasteiger partial charge in [-0.15, -0.1) is 0 Å². The fourth-order valence-electron chi connectivity index (χ4n) is 8.15. The maximum absolute atomic E-state index is 6.39. The molecule has 0 radical (unpaired) electrons. The monoisotopic (exact) mass is 740 g/mol. The van der Waals surface area contributed by atoms with E-state index < -0.39 is 0 Å². The number of oxazole rings is 1. The van der Waals surface area contributed by atoms with E-state index in [1.165, 1.54) is 54.9 Å². The summed E-state index contributed by atoms with van der Waals surface area (Å²) in [7, 11) is 0. The lowest BCUT2D eigenvalue weighted by Gasteiger charge is -2.26. The van der Waals surface area contributed by atoms with Gasteiger partial charge in [-0.25, -0.2) is 4.98 Å². The summed E-state index contributed by atoms with van der Waals surface area (Å²) in [5.74, 6) is 0.603. The van der Waals surface area contributed by atoms with Crippen molar-refractivity contribution in [2.24, 2.45) is 0 Å². The Kier molecular flexibility index (Phi) is 8.15. The molecule has 0 saturated heterocycles. The highest BCUT2D eigenvalue weighted by molar-refractivity contribution is 5.97. The van der Waals surface area contributed by atoms with Crippen molar-refractivity contribution in [1.29, 1.82) is 0 Å². The molecule has 272 valence electrons. The molecule has 3 heteroatoms. The van der Waals surface area contributed by atoms with Crippen LogP contribution in [-0.4, -0.2) is 4.98 Å². The number of aromatic nitrogens is 1. The van der Waals surface area contributed by atoms with E-state index >= 15 is 0 Å². The minimum absolute atomic E-state index is 0.603. The molecule has 0 fully saturated rings. The number of rotatable bonds is 7. The van der Waals surface area contributed by atoms with Gasteiger partial charge in [0.15, 0.2) is 5.58 Å². The molecule has 1 heterocycles. The van der Waals surface area contributed by atoms with Gasteiger partial charge in [0.1, 0.15) is 5.52 Å². The van der Waals surface area contributed by atoms with Crippen LogP contribution < -0.4 is 4.90 Å².